The summed E-state index contributed by atoms with van der Waals surface area (Å²) in [7, 11) is 1.52. The number of rotatable bonds is 4. The van der Waals surface area contributed by atoms with Crippen LogP contribution in [0.1, 0.15) is 5.56 Å². The molecule has 0 spiro atoms. The van der Waals surface area contributed by atoms with E-state index < -0.39 is 0 Å². The van der Waals surface area contributed by atoms with Crippen LogP contribution in [-0.4, -0.2) is 22.4 Å². The van der Waals surface area contributed by atoms with Crippen LogP contribution in [0.5, 0.6) is 11.5 Å². The van der Waals surface area contributed by atoms with E-state index in [0.29, 0.717) is 22.7 Å². The summed E-state index contributed by atoms with van der Waals surface area (Å²) in [6.07, 6.45) is 1.40. The van der Waals surface area contributed by atoms with Gasteiger partial charge in [-0.15, -0.1) is 0 Å². The van der Waals surface area contributed by atoms with Crippen molar-refractivity contribution >= 4 is 41.1 Å². The third-order valence-corrected chi connectivity index (χ3v) is 2.87. The van der Waals surface area contributed by atoms with Crippen molar-refractivity contribution in [2.75, 3.05) is 7.11 Å². The van der Waals surface area contributed by atoms with Crippen LogP contribution in [-0.2, 0) is 0 Å². The molecule has 2 rings (SSSR count). The molecule has 6 heteroatoms. The Balaban J connectivity index is 2.41. The molecule has 0 aliphatic carbocycles. The van der Waals surface area contributed by atoms with Crippen LogP contribution in [0.3, 0.4) is 0 Å². The van der Waals surface area contributed by atoms with Gasteiger partial charge >= 0.3 is 0 Å². The first-order valence-electron chi connectivity index (χ1n) is 6.06. The molecule has 0 bridgehead atoms. The fourth-order valence-corrected chi connectivity index (χ4v) is 1.97. The van der Waals surface area contributed by atoms with Gasteiger partial charge in [0.2, 0.25) is 4.38 Å². The Morgan fingerprint density at radius 2 is 1.76 bits per heavy atom. The van der Waals surface area contributed by atoms with Gasteiger partial charge < -0.3 is 14.7 Å². The first kappa shape index (κ1) is 15.3. The zero-order valence-corrected chi connectivity index (χ0v) is 12.9. The lowest BCUT2D eigenvalue weighted by Crippen LogP contribution is -2.04. The number of methoxy groups -OCH3 is 1. The van der Waals surface area contributed by atoms with Gasteiger partial charge in [0.15, 0.2) is 12.0 Å². The SMILES string of the molecule is COc1ccccc1/[N+]([O-])=C/c1ccccc1OC(=S)S. The molecule has 2 aromatic carbocycles. The fraction of sp³-hybridized carbons (Fsp3) is 0.0667. The smallest absolute Gasteiger partial charge is 0.258 e. The van der Waals surface area contributed by atoms with Crippen molar-refractivity contribution in [1.29, 1.82) is 0 Å². The average molecular weight is 319 g/mol. The summed E-state index contributed by atoms with van der Waals surface area (Å²) < 4.78 is 11.3. The molecule has 0 saturated heterocycles. The minimum Gasteiger partial charge on any atom is -0.618 e. The van der Waals surface area contributed by atoms with Crippen LogP contribution < -0.4 is 9.47 Å². The van der Waals surface area contributed by atoms with Gasteiger partial charge in [-0.2, -0.15) is 4.74 Å². The molecule has 0 heterocycles. The summed E-state index contributed by atoms with van der Waals surface area (Å²) in [5, 5.41) is 12.3. The molecular formula is C15H13NO3S2. The van der Waals surface area contributed by atoms with Gasteiger partial charge in [-0.3, -0.25) is 0 Å². The molecule has 2 aromatic rings. The number of benzene rings is 2. The van der Waals surface area contributed by atoms with E-state index in [4.69, 9.17) is 21.7 Å². The second-order valence-corrected chi connectivity index (χ2v) is 5.11. The first-order valence-corrected chi connectivity index (χ1v) is 6.91. The summed E-state index contributed by atoms with van der Waals surface area (Å²) in [4.78, 5) is 0. The summed E-state index contributed by atoms with van der Waals surface area (Å²) in [6, 6.07) is 14.0. The average Bonchev–Trinajstić information content (AvgIpc) is 2.48. The van der Waals surface area contributed by atoms with Gasteiger partial charge in [-0.05, 0) is 30.4 Å². The van der Waals surface area contributed by atoms with Crippen LogP contribution in [0.25, 0.3) is 0 Å². The Morgan fingerprint density at radius 3 is 2.43 bits per heavy atom. The highest BCUT2D eigenvalue weighted by Crippen LogP contribution is 2.26. The van der Waals surface area contributed by atoms with Crippen molar-refractivity contribution in [2.45, 2.75) is 0 Å². The van der Waals surface area contributed by atoms with Crippen molar-refractivity contribution in [1.82, 2.24) is 0 Å². The Labute approximate surface area is 133 Å². The van der Waals surface area contributed by atoms with Crippen LogP contribution in [0.2, 0.25) is 0 Å². The third-order valence-electron chi connectivity index (χ3n) is 2.70. The van der Waals surface area contributed by atoms with Crippen LogP contribution in [0.4, 0.5) is 5.69 Å². The molecule has 0 aliphatic rings. The topological polar surface area (TPSA) is 44.5 Å². The van der Waals surface area contributed by atoms with Crippen molar-refractivity contribution in [3.63, 3.8) is 0 Å². The second-order valence-electron chi connectivity index (χ2n) is 4.03. The monoisotopic (exact) mass is 319 g/mol. The molecule has 0 fully saturated rings. The van der Waals surface area contributed by atoms with Gasteiger partial charge in [0.25, 0.3) is 5.69 Å². The third kappa shape index (κ3) is 3.96. The Bertz CT molecular complexity index is 686. The van der Waals surface area contributed by atoms with E-state index in [9.17, 15) is 5.21 Å². The van der Waals surface area contributed by atoms with Crippen molar-refractivity contribution in [3.05, 3.63) is 59.3 Å². The first-order chi connectivity index (χ1) is 10.1. The number of thiol groups is 1. The largest absolute Gasteiger partial charge is 0.618 e. The maximum absolute atomic E-state index is 12.3. The number of ether oxygens (including phenoxy) is 2. The molecule has 0 amide bonds. The molecule has 0 aromatic heterocycles. The highest BCUT2D eigenvalue weighted by Gasteiger charge is 2.11. The number of hydrogen-bond donors (Lipinski definition) is 1. The number of hydrogen-bond acceptors (Lipinski definition) is 4. The van der Waals surface area contributed by atoms with Crippen LogP contribution in [0, 0.1) is 5.21 Å². The Hall–Kier alpha value is -2.05. The molecule has 4 nitrogen and oxygen atoms in total. The van der Waals surface area contributed by atoms with Gasteiger partial charge in [0.05, 0.1) is 12.7 Å². The predicted molar refractivity (Wildman–Crippen MR) is 90.1 cm³/mol. The highest BCUT2D eigenvalue weighted by atomic mass is 32.1. The number of nitrogens with zero attached hydrogens (tertiary/aromatic N) is 1. The van der Waals surface area contributed by atoms with Gasteiger partial charge in [0, 0.05) is 6.07 Å². The van der Waals surface area contributed by atoms with E-state index >= 15 is 0 Å². The highest BCUT2D eigenvalue weighted by molar-refractivity contribution is 8.10. The minimum absolute atomic E-state index is 0.0885. The molecule has 0 aliphatic heterocycles. The standard InChI is InChI=1S/C15H13NO3S2/c1-18-14-9-5-3-7-12(14)16(17)10-11-6-2-4-8-13(11)19-15(20)21/h2-10H,1H3,(H,20,21)/b16-10-. The summed E-state index contributed by atoms with van der Waals surface area (Å²) in [6.45, 7) is 0. The number of thiocarbonyl (C=S) groups is 1. The Kier molecular flexibility index (Phi) is 5.19. The molecule has 0 saturated carbocycles. The molecule has 0 radical (unpaired) electrons. The molecule has 0 N–H and O–H groups in total. The Morgan fingerprint density at radius 1 is 1.14 bits per heavy atom. The van der Waals surface area contributed by atoms with Crippen LogP contribution in [0.15, 0.2) is 48.5 Å². The van der Waals surface area contributed by atoms with E-state index in [1.165, 1.54) is 13.3 Å². The van der Waals surface area contributed by atoms with Crippen LogP contribution >= 0.6 is 24.8 Å². The van der Waals surface area contributed by atoms with Crippen molar-refractivity contribution < 1.29 is 14.2 Å². The minimum atomic E-state index is 0.0885. The van der Waals surface area contributed by atoms with E-state index in [-0.39, 0.29) is 4.38 Å². The molecular weight excluding hydrogens is 306 g/mol. The molecule has 0 unspecified atom stereocenters. The maximum Gasteiger partial charge on any atom is 0.258 e. The zero-order chi connectivity index (χ0) is 15.2. The molecule has 21 heavy (non-hydrogen) atoms. The summed E-state index contributed by atoms with van der Waals surface area (Å²) in [5.41, 5.74) is 0.998. The van der Waals surface area contributed by atoms with Crippen molar-refractivity contribution in [2.24, 2.45) is 0 Å². The lowest BCUT2D eigenvalue weighted by Gasteiger charge is -2.09. The fourth-order valence-electron chi connectivity index (χ4n) is 1.78. The normalized spacial score (nSPS) is 11.0. The quantitative estimate of drug-likeness (QED) is 0.234. The summed E-state index contributed by atoms with van der Waals surface area (Å²) >= 11 is 8.73. The lowest BCUT2D eigenvalue weighted by atomic mass is 10.2. The number of para-hydroxylation sites is 3. The zero-order valence-electron chi connectivity index (χ0n) is 11.2. The maximum atomic E-state index is 12.3. The lowest BCUT2D eigenvalue weighted by molar-refractivity contribution is -0.355. The van der Waals surface area contributed by atoms with E-state index in [2.05, 4.69) is 12.6 Å². The van der Waals surface area contributed by atoms with Gasteiger partial charge in [-0.1, -0.05) is 36.9 Å². The van der Waals surface area contributed by atoms with Gasteiger partial charge in [0.1, 0.15) is 5.75 Å². The predicted octanol–water partition coefficient (Wildman–Crippen LogP) is 3.55. The molecule has 108 valence electrons. The van der Waals surface area contributed by atoms with E-state index in [1.54, 1.807) is 48.5 Å². The van der Waals surface area contributed by atoms with E-state index in [1.807, 2.05) is 0 Å². The summed E-state index contributed by atoms with van der Waals surface area (Å²) in [5.74, 6) is 0.958. The second kappa shape index (κ2) is 7.10. The van der Waals surface area contributed by atoms with Gasteiger partial charge in [-0.25, -0.2) is 0 Å². The molecule has 0 atom stereocenters. The van der Waals surface area contributed by atoms with Crippen molar-refractivity contribution in [3.8, 4) is 11.5 Å². The van der Waals surface area contributed by atoms with E-state index in [0.717, 1.165) is 4.74 Å².